The minimum absolute atomic E-state index is 0.506. The molecule has 0 bridgehead atoms. The average molecular weight is 364 g/mol. The van der Waals surface area contributed by atoms with Gasteiger partial charge in [0, 0.05) is 35.7 Å². The number of anilines is 2. The molecule has 1 N–H and O–H groups in total. The van der Waals surface area contributed by atoms with Gasteiger partial charge in [-0.15, -0.1) is 11.3 Å². The van der Waals surface area contributed by atoms with Crippen molar-refractivity contribution in [3.05, 3.63) is 60.3 Å². The van der Waals surface area contributed by atoms with Gasteiger partial charge in [0.05, 0.1) is 24.8 Å². The maximum atomic E-state index is 5.53. The molecule has 0 saturated carbocycles. The lowest BCUT2D eigenvalue weighted by atomic mass is 10.2. The van der Waals surface area contributed by atoms with Crippen LogP contribution in [0.4, 0.5) is 11.6 Å². The highest BCUT2D eigenvalue weighted by Gasteiger charge is 2.09. The highest BCUT2D eigenvalue weighted by Crippen LogP contribution is 2.28. The molecule has 0 aliphatic heterocycles. The quantitative estimate of drug-likeness (QED) is 0.580. The van der Waals surface area contributed by atoms with E-state index in [0.717, 1.165) is 33.5 Å². The van der Waals surface area contributed by atoms with Gasteiger partial charge in [0.15, 0.2) is 0 Å². The normalized spacial score (nSPS) is 10.7. The Kier molecular flexibility index (Phi) is 4.32. The third-order valence-corrected chi connectivity index (χ3v) is 4.53. The van der Waals surface area contributed by atoms with E-state index in [1.54, 1.807) is 37.2 Å². The van der Waals surface area contributed by atoms with E-state index in [-0.39, 0.29) is 0 Å². The van der Waals surface area contributed by atoms with Crippen molar-refractivity contribution in [2.45, 2.75) is 6.92 Å². The Hall–Kier alpha value is -3.26. The fraction of sp³-hybridized carbons (Fsp3) is 0.111. The number of methoxy groups -OCH3 is 1. The molecule has 0 aliphatic carbocycles. The van der Waals surface area contributed by atoms with Crippen LogP contribution in [0.2, 0.25) is 0 Å². The smallest absolute Gasteiger partial charge is 0.227 e. The number of aromatic nitrogens is 5. The predicted octanol–water partition coefficient (Wildman–Crippen LogP) is 3.85. The number of imidazole rings is 1. The van der Waals surface area contributed by atoms with E-state index in [2.05, 4.69) is 25.3 Å². The number of ether oxygens (including phenoxy) is 1. The molecule has 0 saturated heterocycles. The maximum Gasteiger partial charge on any atom is 0.227 e. The van der Waals surface area contributed by atoms with Crippen molar-refractivity contribution in [2.24, 2.45) is 0 Å². The third-order valence-electron chi connectivity index (χ3n) is 3.73. The Morgan fingerprint density at radius 1 is 1.12 bits per heavy atom. The van der Waals surface area contributed by atoms with Crippen molar-refractivity contribution in [2.75, 3.05) is 12.4 Å². The Morgan fingerprint density at radius 2 is 2.04 bits per heavy atom. The standard InChI is InChI=1S/C18H16N6OS/c1-12-10-24(11-21-12)15-4-3-13(9-16(15)25-2)22-18-20-6-5-14(23-18)17-19-7-8-26-17/h3-11H,1-2H3,(H,20,22,23). The van der Waals surface area contributed by atoms with Crippen molar-refractivity contribution < 1.29 is 4.74 Å². The zero-order valence-electron chi connectivity index (χ0n) is 14.2. The van der Waals surface area contributed by atoms with Crippen molar-refractivity contribution >= 4 is 23.0 Å². The van der Waals surface area contributed by atoms with Gasteiger partial charge in [-0.1, -0.05) is 0 Å². The van der Waals surface area contributed by atoms with Crippen molar-refractivity contribution in [3.63, 3.8) is 0 Å². The molecule has 4 rings (SSSR count). The highest BCUT2D eigenvalue weighted by molar-refractivity contribution is 7.13. The molecule has 130 valence electrons. The first-order valence-electron chi connectivity index (χ1n) is 7.92. The molecule has 0 unspecified atom stereocenters. The van der Waals surface area contributed by atoms with E-state index in [4.69, 9.17) is 4.74 Å². The summed E-state index contributed by atoms with van der Waals surface area (Å²) in [5.41, 5.74) is 3.48. The molecule has 1 aromatic carbocycles. The lowest BCUT2D eigenvalue weighted by molar-refractivity contribution is 0.413. The van der Waals surface area contributed by atoms with E-state index in [9.17, 15) is 0 Å². The Labute approximate surface area is 154 Å². The van der Waals surface area contributed by atoms with Crippen LogP contribution in [-0.4, -0.2) is 31.6 Å². The SMILES string of the molecule is COc1cc(Nc2nccc(-c3nccs3)n2)ccc1-n1cnc(C)c1. The number of nitrogens with one attached hydrogen (secondary N) is 1. The summed E-state index contributed by atoms with van der Waals surface area (Å²) in [7, 11) is 1.64. The number of aryl methyl sites for hydroxylation is 1. The maximum absolute atomic E-state index is 5.53. The molecule has 8 heteroatoms. The second kappa shape index (κ2) is 6.93. The molecule has 0 amide bonds. The van der Waals surface area contributed by atoms with Crippen LogP contribution < -0.4 is 10.1 Å². The fourth-order valence-electron chi connectivity index (χ4n) is 2.54. The van der Waals surface area contributed by atoms with Crippen molar-refractivity contribution in [1.82, 2.24) is 24.5 Å². The number of hydrogen-bond acceptors (Lipinski definition) is 7. The molecule has 0 radical (unpaired) electrons. The molecule has 0 fully saturated rings. The van der Waals surface area contributed by atoms with Crippen LogP contribution >= 0.6 is 11.3 Å². The van der Waals surface area contributed by atoms with Crippen LogP contribution in [0.15, 0.2) is 54.6 Å². The van der Waals surface area contributed by atoms with Crippen LogP contribution in [0.3, 0.4) is 0 Å². The topological polar surface area (TPSA) is 77.8 Å². The van der Waals surface area contributed by atoms with Crippen LogP contribution in [0.25, 0.3) is 16.4 Å². The van der Waals surface area contributed by atoms with Gasteiger partial charge < -0.3 is 14.6 Å². The monoisotopic (exact) mass is 364 g/mol. The summed E-state index contributed by atoms with van der Waals surface area (Å²) in [6.45, 7) is 1.95. The Balaban J connectivity index is 1.62. The van der Waals surface area contributed by atoms with Gasteiger partial charge >= 0.3 is 0 Å². The summed E-state index contributed by atoms with van der Waals surface area (Å²) >= 11 is 1.54. The summed E-state index contributed by atoms with van der Waals surface area (Å²) in [6, 6.07) is 7.67. The molecule has 26 heavy (non-hydrogen) atoms. The van der Waals surface area contributed by atoms with Crippen LogP contribution in [-0.2, 0) is 0 Å². The van der Waals surface area contributed by atoms with Gasteiger partial charge in [0.2, 0.25) is 5.95 Å². The summed E-state index contributed by atoms with van der Waals surface area (Å²) in [6.07, 6.45) is 7.19. The second-order valence-corrected chi connectivity index (χ2v) is 6.43. The van der Waals surface area contributed by atoms with Crippen molar-refractivity contribution in [1.29, 1.82) is 0 Å². The third kappa shape index (κ3) is 3.27. The molecule has 3 heterocycles. The average Bonchev–Trinajstić information content (AvgIpc) is 3.34. The largest absolute Gasteiger partial charge is 0.494 e. The zero-order chi connectivity index (χ0) is 17.9. The molecular formula is C18H16N6OS. The predicted molar refractivity (Wildman–Crippen MR) is 101 cm³/mol. The molecular weight excluding hydrogens is 348 g/mol. The van der Waals surface area contributed by atoms with E-state index in [1.165, 1.54) is 0 Å². The van der Waals surface area contributed by atoms with Crippen LogP contribution in [0, 0.1) is 6.92 Å². The first kappa shape index (κ1) is 16.2. The molecule has 4 aromatic rings. The lowest BCUT2D eigenvalue weighted by Crippen LogP contribution is -2.00. The van der Waals surface area contributed by atoms with Gasteiger partial charge in [-0.25, -0.2) is 19.9 Å². The minimum Gasteiger partial charge on any atom is -0.494 e. The molecule has 0 spiro atoms. The summed E-state index contributed by atoms with van der Waals surface area (Å²) in [5.74, 6) is 1.23. The first-order chi connectivity index (χ1) is 12.7. The zero-order valence-corrected chi connectivity index (χ0v) is 15.1. The van der Waals surface area contributed by atoms with E-state index in [1.807, 2.05) is 47.3 Å². The fourth-order valence-corrected chi connectivity index (χ4v) is 3.15. The highest BCUT2D eigenvalue weighted by atomic mass is 32.1. The summed E-state index contributed by atoms with van der Waals surface area (Å²) < 4.78 is 7.46. The van der Waals surface area contributed by atoms with Crippen molar-refractivity contribution in [3.8, 4) is 22.1 Å². The second-order valence-electron chi connectivity index (χ2n) is 5.54. The van der Waals surface area contributed by atoms with Gasteiger partial charge in [-0.2, -0.15) is 0 Å². The minimum atomic E-state index is 0.506. The molecule has 3 aromatic heterocycles. The number of thiazole rings is 1. The lowest BCUT2D eigenvalue weighted by Gasteiger charge is -2.12. The number of nitrogens with zero attached hydrogens (tertiary/aromatic N) is 5. The number of benzene rings is 1. The molecule has 7 nitrogen and oxygen atoms in total. The van der Waals surface area contributed by atoms with E-state index in [0.29, 0.717) is 5.95 Å². The summed E-state index contributed by atoms with van der Waals surface area (Å²) in [4.78, 5) is 17.3. The Morgan fingerprint density at radius 3 is 2.77 bits per heavy atom. The van der Waals surface area contributed by atoms with Gasteiger partial charge in [-0.3, -0.25) is 0 Å². The Bertz CT molecular complexity index is 1030. The summed E-state index contributed by atoms with van der Waals surface area (Å²) in [5, 5.41) is 6.00. The van der Waals surface area contributed by atoms with E-state index < -0.39 is 0 Å². The first-order valence-corrected chi connectivity index (χ1v) is 8.80. The van der Waals surface area contributed by atoms with Gasteiger partial charge in [-0.05, 0) is 25.1 Å². The van der Waals surface area contributed by atoms with Crippen LogP contribution in [0.1, 0.15) is 5.69 Å². The number of rotatable bonds is 5. The van der Waals surface area contributed by atoms with Gasteiger partial charge in [0.25, 0.3) is 0 Å². The molecule has 0 atom stereocenters. The van der Waals surface area contributed by atoms with E-state index >= 15 is 0 Å². The molecule has 0 aliphatic rings. The van der Waals surface area contributed by atoms with Crippen LogP contribution in [0.5, 0.6) is 5.75 Å². The van der Waals surface area contributed by atoms with Gasteiger partial charge in [0.1, 0.15) is 16.5 Å². The number of hydrogen-bond donors (Lipinski definition) is 1.